The van der Waals surface area contributed by atoms with Crippen LogP contribution in [0.1, 0.15) is 0 Å². The van der Waals surface area contributed by atoms with E-state index in [9.17, 15) is 8.78 Å². The van der Waals surface area contributed by atoms with Crippen molar-refractivity contribution in [2.45, 2.75) is 0 Å². The summed E-state index contributed by atoms with van der Waals surface area (Å²) in [6.07, 6.45) is 1.30. The van der Waals surface area contributed by atoms with E-state index in [0.717, 1.165) is 0 Å². The predicted octanol–water partition coefficient (Wildman–Crippen LogP) is 3.67. The zero-order chi connectivity index (χ0) is 16.4. The minimum absolute atomic E-state index is 0.0761. The van der Waals surface area contributed by atoms with Crippen LogP contribution in [0.4, 0.5) is 20.3 Å². The quantitative estimate of drug-likeness (QED) is 0.795. The summed E-state index contributed by atoms with van der Waals surface area (Å²) in [5, 5.41) is 3.53. The first-order valence-electron chi connectivity index (χ1n) is 6.70. The Kier molecular flexibility index (Phi) is 3.92. The topological polar surface area (TPSA) is 56.3 Å². The molecular weight excluding hydrogens is 304 g/mol. The molecule has 0 atom stereocenters. The minimum atomic E-state index is -0.517. The highest BCUT2D eigenvalue weighted by Gasteiger charge is 2.11. The van der Waals surface area contributed by atoms with E-state index in [1.807, 2.05) is 0 Å². The van der Waals surface area contributed by atoms with Crippen molar-refractivity contribution in [3.63, 3.8) is 0 Å². The average molecular weight is 317 g/mol. The van der Waals surface area contributed by atoms with Crippen molar-refractivity contribution in [2.75, 3.05) is 19.5 Å². The van der Waals surface area contributed by atoms with Gasteiger partial charge in [0.2, 0.25) is 0 Å². The molecule has 3 aromatic rings. The van der Waals surface area contributed by atoms with Crippen molar-refractivity contribution < 1.29 is 18.3 Å². The minimum Gasteiger partial charge on any atom is -0.497 e. The number of ether oxygens (including phenoxy) is 2. The van der Waals surface area contributed by atoms with Gasteiger partial charge in [0, 0.05) is 29.3 Å². The Morgan fingerprint density at radius 2 is 1.78 bits per heavy atom. The molecule has 1 aromatic heterocycles. The third kappa shape index (κ3) is 2.98. The van der Waals surface area contributed by atoms with Gasteiger partial charge in [-0.15, -0.1) is 0 Å². The summed E-state index contributed by atoms with van der Waals surface area (Å²) in [5.41, 5.74) is 0.856. The molecule has 0 saturated carbocycles. The summed E-state index contributed by atoms with van der Waals surface area (Å²) in [5.74, 6) is -0.117. The summed E-state index contributed by atoms with van der Waals surface area (Å²) in [6.45, 7) is 0. The SMILES string of the molecule is COc1cc(F)cc(Nc2ncnc3cc(F)c(OC)cc23)c1. The normalized spacial score (nSPS) is 10.6. The number of halogens is 2. The van der Waals surface area contributed by atoms with Gasteiger partial charge in [-0.2, -0.15) is 0 Å². The molecule has 1 heterocycles. The molecule has 0 aliphatic carbocycles. The summed E-state index contributed by atoms with van der Waals surface area (Å²) >= 11 is 0. The van der Waals surface area contributed by atoms with Crippen LogP contribution in [0.2, 0.25) is 0 Å². The number of hydrogen-bond donors (Lipinski definition) is 1. The summed E-state index contributed by atoms with van der Waals surface area (Å²) in [7, 11) is 2.82. The molecule has 0 fully saturated rings. The highest BCUT2D eigenvalue weighted by atomic mass is 19.1. The molecule has 0 unspecified atom stereocenters. The average Bonchev–Trinajstić information content (AvgIpc) is 2.54. The Labute approximate surface area is 130 Å². The first-order chi connectivity index (χ1) is 11.1. The molecule has 0 amide bonds. The second kappa shape index (κ2) is 6.04. The van der Waals surface area contributed by atoms with Crippen molar-refractivity contribution in [3.05, 3.63) is 48.3 Å². The third-order valence-corrected chi connectivity index (χ3v) is 3.28. The zero-order valence-electron chi connectivity index (χ0n) is 12.4. The Morgan fingerprint density at radius 1 is 0.957 bits per heavy atom. The molecule has 0 radical (unpaired) electrons. The van der Waals surface area contributed by atoms with Crippen LogP contribution in [-0.4, -0.2) is 24.2 Å². The fourth-order valence-electron chi connectivity index (χ4n) is 2.20. The predicted molar refractivity (Wildman–Crippen MR) is 82.3 cm³/mol. The second-order valence-corrected chi connectivity index (χ2v) is 4.73. The summed E-state index contributed by atoms with van der Waals surface area (Å²) < 4.78 is 37.3. The van der Waals surface area contributed by atoms with E-state index in [1.165, 1.54) is 44.8 Å². The van der Waals surface area contributed by atoms with Gasteiger partial charge >= 0.3 is 0 Å². The van der Waals surface area contributed by atoms with Gasteiger partial charge in [0.15, 0.2) is 11.6 Å². The monoisotopic (exact) mass is 317 g/mol. The van der Waals surface area contributed by atoms with Crippen molar-refractivity contribution in [3.8, 4) is 11.5 Å². The number of aromatic nitrogens is 2. The molecule has 3 rings (SSSR count). The number of benzene rings is 2. The Morgan fingerprint density at radius 3 is 2.52 bits per heavy atom. The molecule has 1 N–H and O–H groups in total. The summed E-state index contributed by atoms with van der Waals surface area (Å²) in [4.78, 5) is 8.15. The molecule has 23 heavy (non-hydrogen) atoms. The zero-order valence-corrected chi connectivity index (χ0v) is 12.4. The van der Waals surface area contributed by atoms with Crippen molar-refractivity contribution in [1.82, 2.24) is 9.97 Å². The maximum Gasteiger partial charge on any atom is 0.167 e. The smallest absolute Gasteiger partial charge is 0.167 e. The molecule has 0 aliphatic heterocycles. The first kappa shape index (κ1) is 15.0. The largest absolute Gasteiger partial charge is 0.497 e. The maximum absolute atomic E-state index is 13.8. The van der Waals surface area contributed by atoms with Gasteiger partial charge in [-0.05, 0) is 12.1 Å². The van der Waals surface area contributed by atoms with Crippen molar-refractivity contribution >= 4 is 22.4 Å². The van der Waals surface area contributed by atoms with Gasteiger partial charge in [0.25, 0.3) is 0 Å². The number of methoxy groups -OCH3 is 2. The van der Waals surface area contributed by atoms with E-state index >= 15 is 0 Å². The highest BCUT2D eigenvalue weighted by molar-refractivity contribution is 5.91. The van der Waals surface area contributed by atoms with Crippen molar-refractivity contribution in [2.24, 2.45) is 0 Å². The molecule has 7 heteroatoms. The fourth-order valence-corrected chi connectivity index (χ4v) is 2.20. The van der Waals surface area contributed by atoms with Gasteiger partial charge in [-0.3, -0.25) is 0 Å². The van der Waals surface area contributed by atoms with Crippen LogP contribution < -0.4 is 14.8 Å². The number of hydrogen-bond acceptors (Lipinski definition) is 5. The number of rotatable bonds is 4. The van der Waals surface area contributed by atoms with Crippen LogP contribution in [0.15, 0.2) is 36.7 Å². The van der Waals surface area contributed by atoms with E-state index in [-0.39, 0.29) is 5.75 Å². The van der Waals surface area contributed by atoms with Crippen LogP contribution in [0.5, 0.6) is 11.5 Å². The van der Waals surface area contributed by atoms with Crippen LogP contribution in [0.25, 0.3) is 10.9 Å². The van der Waals surface area contributed by atoms with Gasteiger partial charge in [-0.1, -0.05) is 0 Å². The van der Waals surface area contributed by atoms with E-state index in [0.29, 0.717) is 28.2 Å². The van der Waals surface area contributed by atoms with Crippen molar-refractivity contribution in [1.29, 1.82) is 0 Å². The van der Waals surface area contributed by atoms with Crippen LogP contribution in [-0.2, 0) is 0 Å². The molecule has 5 nitrogen and oxygen atoms in total. The lowest BCUT2D eigenvalue weighted by atomic mass is 10.2. The lowest BCUT2D eigenvalue weighted by molar-refractivity contribution is 0.387. The standard InChI is InChI=1S/C16H13F2N3O2/c1-22-11-4-9(17)3-10(5-11)21-16-12-6-15(23-2)13(18)7-14(12)19-8-20-16/h3-8H,1-2H3,(H,19,20,21). The first-order valence-corrected chi connectivity index (χ1v) is 6.70. The third-order valence-electron chi connectivity index (χ3n) is 3.28. The number of fused-ring (bicyclic) bond motifs is 1. The van der Waals surface area contributed by atoms with Crippen LogP contribution in [0.3, 0.4) is 0 Å². The fraction of sp³-hybridized carbons (Fsp3) is 0.125. The number of anilines is 2. The molecule has 0 aliphatic rings. The van der Waals surface area contributed by atoms with Gasteiger partial charge in [-0.25, -0.2) is 18.7 Å². The van der Waals surface area contributed by atoms with Gasteiger partial charge in [0.05, 0.1) is 19.7 Å². The van der Waals surface area contributed by atoms with E-state index < -0.39 is 11.6 Å². The number of nitrogens with one attached hydrogen (secondary N) is 1. The number of nitrogens with zero attached hydrogens (tertiary/aromatic N) is 2. The van der Waals surface area contributed by atoms with Gasteiger partial charge < -0.3 is 14.8 Å². The molecule has 118 valence electrons. The molecular formula is C16H13F2N3O2. The van der Waals surface area contributed by atoms with E-state index in [2.05, 4.69) is 15.3 Å². The molecule has 0 saturated heterocycles. The second-order valence-electron chi connectivity index (χ2n) is 4.73. The van der Waals surface area contributed by atoms with Gasteiger partial charge in [0.1, 0.15) is 23.7 Å². The van der Waals surface area contributed by atoms with Crippen LogP contribution >= 0.6 is 0 Å². The maximum atomic E-state index is 13.8. The van der Waals surface area contributed by atoms with Crippen LogP contribution in [0, 0.1) is 11.6 Å². The Balaban J connectivity index is 2.08. The van der Waals surface area contributed by atoms with E-state index in [4.69, 9.17) is 9.47 Å². The summed E-state index contributed by atoms with van der Waals surface area (Å²) in [6, 6.07) is 6.94. The Bertz CT molecular complexity index is 871. The lowest BCUT2D eigenvalue weighted by Gasteiger charge is -2.11. The molecule has 0 spiro atoms. The molecule has 2 aromatic carbocycles. The highest BCUT2D eigenvalue weighted by Crippen LogP contribution is 2.30. The Hall–Kier alpha value is -2.96. The molecule has 0 bridgehead atoms. The lowest BCUT2D eigenvalue weighted by Crippen LogP contribution is -1.98. The van der Waals surface area contributed by atoms with E-state index in [1.54, 1.807) is 6.07 Å².